The number of rotatable bonds is 7. The van der Waals surface area contributed by atoms with Crippen molar-refractivity contribution < 1.29 is 19.4 Å². The first-order chi connectivity index (χ1) is 9.61. The quantitative estimate of drug-likeness (QED) is 0.801. The Balaban J connectivity index is 2.18. The van der Waals surface area contributed by atoms with Crippen molar-refractivity contribution in [1.82, 2.24) is 0 Å². The summed E-state index contributed by atoms with van der Waals surface area (Å²) in [6.45, 7) is 0. The number of hydrogen-bond donors (Lipinski definition) is 2. The fraction of sp³-hybridized carbons (Fsp3) is 0.500. The number of carbonyl (C=O) groups is 1. The largest absolute Gasteiger partial charge is 0.493 e. The minimum atomic E-state index is -0.846. The molecule has 20 heavy (non-hydrogen) atoms. The lowest BCUT2D eigenvalue weighted by atomic mass is 10.0. The number of aliphatic carboxylic acids is 1. The number of ether oxygens (including phenoxy) is 2. The Morgan fingerprint density at radius 1 is 1.55 bits per heavy atom. The molecule has 0 saturated carbocycles. The highest BCUT2D eigenvalue weighted by Gasteiger charge is 2.25. The monoisotopic (exact) mass is 297 g/mol. The van der Waals surface area contributed by atoms with Crippen molar-refractivity contribution in [2.45, 2.75) is 25.0 Å². The van der Waals surface area contributed by atoms with Crippen molar-refractivity contribution in [3.63, 3.8) is 0 Å². The van der Waals surface area contributed by atoms with Crippen LogP contribution in [0, 0.1) is 0 Å². The molecule has 0 aromatic heterocycles. The van der Waals surface area contributed by atoms with Crippen LogP contribution in [-0.4, -0.2) is 35.8 Å². The van der Waals surface area contributed by atoms with Crippen LogP contribution >= 0.6 is 11.8 Å². The summed E-state index contributed by atoms with van der Waals surface area (Å²) in [5, 5.41) is 8.76. The van der Waals surface area contributed by atoms with Crippen LogP contribution in [0.2, 0.25) is 0 Å². The van der Waals surface area contributed by atoms with Crippen LogP contribution in [0.3, 0.4) is 0 Å². The second-order valence-corrected chi connectivity index (χ2v) is 5.77. The Kier molecular flexibility index (Phi) is 5.14. The molecule has 5 nitrogen and oxygen atoms in total. The minimum Gasteiger partial charge on any atom is -0.493 e. The number of thioether (sulfide) groups is 1. The van der Waals surface area contributed by atoms with Crippen LogP contribution in [0.1, 0.15) is 24.4 Å². The zero-order valence-corrected chi connectivity index (χ0v) is 12.2. The molecule has 3 N–H and O–H groups in total. The number of methoxy groups -OCH3 is 1. The average molecular weight is 297 g/mol. The number of carboxylic acids is 1. The molecule has 1 heterocycles. The third-order valence-corrected chi connectivity index (χ3v) is 4.40. The van der Waals surface area contributed by atoms with Crippen molar-refractivity contribution in [3.05, 3.63) is 23.8 Å². The predicted molar refractivity (Wildman–Crippen MR) is 78.5 cm³/mol. The molecular formula is C14H19NO4S. The number of carboxylic acid groups (broad SMARTS) is 1. The van der Waals surface area contributed by atoms with Gasteiger partial charge < -0.3 is 20.3 Å². The third kappa shape index (κ3) is 3.58. The fourth-order valence-electron chi connectivity index (χ4n) is 1.99. The molecule has 0 spiro atoms. The lowest BCUT2D eigenvalue weighted by Gasteiger charge is -2.28. The van der Waals surface area contributed by atoms with Crippen molar-refractivity contribution in [2.24, 2.45) is 5.73 Å². The van der Waals surface area contributed by atoms with E-state index >= 15 is 0 Å². The van der Waals surface area contributed by atoms with Gasteiger partial charge >= 0.3 is 5.97 Å². The third-order valence-electron chi connectivity index (χ3n) is 3.19. The van der Waals surface area contributed by atoms with Gasteiger partial charge in [0.1, 0.15) is 6.10 Å². The highest BCUT2D eigenvalue weighted by molar-refractivity contribution is 8.00. The first kappa shape index (κ1) is 15.0. The summed E-state index contributed by atoms with van der Waals surface area (Å²) in [6, 6.07) is 5.17. The molecule has 1 fully saturated rings. The van der Waals surface area contributed by atoms with Gasteiger partial charge in [0.25, 0.3) is 0 Å². The predicted octanol–water partition coefficient (Wildman–Crippen LogP) is 2.05. The van der Waals surface area contributed by atoms with Crippen LogP contribution in [0.5, 0.6) is 11.5 Å². The smallest absolute Gasteiger partial charge is 0.303 e. The molecule has 1 saturated heterocycles. The summed E-state index contributed by atoms with van der Waals surface area (Å²) < 4.78 is 11.3. The average Bonchev–Trinajstić information content (AvgIpc) is 2.39. The summed E-state index contributed by atoms with van der Waals surface area (Å²) in [7, 11) is 1.59. The van der Waals surface area contributed by atoms with E-state index in [-0.39, 0.29) is 18.6 Å². The van der Waals surface area contributed by atoms with Crippen molar-refractivity contribution in [2.75, 3.05) is 18.6 Å². The molecule has 110 valence electrons. The molecule has 1 aliphatic heterocycles. The molecule has 6 heteroatoms. The van der Waals surface area contributed by atoms with Gasteiger partial charge in [-0.15, -0.1) is 0 Å². The van der Waals surface area contributed by atoms with Gasteiger partial charge in [0.2, 0.25) is 0 Å². The molecule has 0 aliphatic carbocycles. The Morgan fingerprint density at radius 3 is 2.85 bits per heavy atom. The van der Waals surface area contributed by atoms with Gasteiger partial charge in [0.15, 0.2) is 11.5 Å². The van der Waals surface area contributed by atoms with Gasteiger partial charge in [-0.3, -0.25) is 4.79 Å². The molecule has 0 bridgehead atoms. The van der Waals surface area contributed by atoms with Crippen LogP contribution in [-0.2, 0) is 4.79 Å². The normalized spacial score (nSPS) is 16.3. The number of nitrogens with two attached hydrogens (primary N) is 1. The number of hydrogen-bond acceptors (Lipinski definition) is 5. The van der Waals surface area contributed by atoms with E-state index in [1.165, 1.54) is 0 Å². The molecular weight excluding hydrogens is 278 g/mol. The van der Waals surface area contributed by atoms with Crippen molar-refractivity contribution in [3.8, 4) is 11.5 Å². The summed E-state index contributed by atoms with van der Waals surface area (Å²) >= 11 is 1.83. The minimum absolute atomic E-state index is 0.0388. The van der Waals surface area contributed by atoms with E-state index in [1.807, 2.05) is 30.0 Å². The van der Waals surface area contributed by atoms with Gasteiger partial charge in [0.05, 0.1) is 7.11 Å². The van der Waals surface area contributed by atoms with E-state index in [9.17, 15) is 4.79 Å². The highest BCUT2D eigenvalue weighted by atomic mass is 32.2. The Labute approximate surface area is 122 Å². The van der Waals surface area contributed by atoms with Crippen molar-refractivity contribution in [1.29, 1.82) is 0 Å². The second kappa shape index (κ2) is 6.85. The summed E-state index contributed by atoms with van der Waals surface area (Å²) in [5.41, 5.74) is 6.91. The Bertz CT molecular complexity index is 476. The topological polar surface area (TPSA) is 81.8 Å². The maximum atomic E-state index is 10.7. The van der Waals surface area contributed by atoms with Gasteiger partial charge in [-0.2, -0.15) is 11.8 Å². The molecule has 0 radical (unpaired) electrons. The first-order valence-corrected chi connectivity index (χ1v) is 7.66. The van der Waals surface area contributed by atoms with Crippen LogP contribution in [0.25, 0.3) is 0 Å². The van der Waals surface area contributed by atoms with Gasteiger partial charge in [-0.05, 0) is 12.5 Å². The van der Waals surface area contributed by atoms with Crippen LogP contribution in [0.15, 0.2) is 18.2 Å². The maximum Gasteiger partial charge on any atom is 0.303 e. The molecule has 1 aliphatic rings. The standard InChI is InChI=1S/C14H19NO4S/c1-18-12-4-2-3-10(11(15)5-6-13(16)17)14(12)19-9-7-20-8-9/h2-4,9,11H,5-8,15H2,1H3,(H,16,17). The number of para-hydroxylation sites is 1. The van der Waals surface area contributed by atoms with Crippen molar-refractivity contribution >= 4 is 17.7 Å². The van der Waals surface area contributed by atoms with Gasteiger partial charge in [-0.25, -0.2) is 0 Å². The zero-order valence-electron chi connectivity index (χ0n) is 11.4. The summed E-state index contributed by atoms with van der Waals surface area (Å²) in [6.07, 6.45) is 0.594. The Morgan fingerprint density at radius 2 is 2.30 bits per heavy atom. The van der Waals surface area contributed by atoms with E-state index in [0.717, 1.165) is 17.1 Å². The zero-order chi connectivity index (χ0) is 14.5. The number of benzene rings is 1. The Hall–Kier alpha value is -1.40. The first-order valence-electron chi connectivity index (χ1n) is 6.50. The highest BCUT2D eigenvalue weighted by Crippen LogP contribution is 2.38. The second-order valence-electron chi connectivity index (χ2n) is 4.69. The van der Waals surface area contributed by atoms with E-state index in [2.05, 4.69) is 0 Å². The maximum absolute atomic E-state index is 10.7. The van der Waals surface area contributed by atoms with Crippen LogP contribution in [0.4, 0.5) is 0 Å². The lowest BCUT2D eigenvalue weighted by Crippen LogP contribution is -2.32. The van der Waals surface area contributed by atoms with E-state index < -0.39 is 5.97 Å². The fourth-order valence-corrected chi connectivity index (χ4v) is 2.56. The molecule has 1 atom stereocenters. The van der Waals surface area contributed by atoms with E-state index in [1.54, 1.807) is 7.11 Å². The van der Waals surface area contributed by atoms with Crippen LogP contribution < -0.4 is 15.2 Å². The van der Waals surface area contributed by atoms with Gasteiger partial charge in [0, 0.05) is 29.5 Å². The van der Waals surface area contributed by atoms with Gasteiger partial charge in [-0.1, -0.05) is 12.1 Å². The molecule has 2 rings (SSSR count). The lowest BCUT2D eigenvalue weighted by molar-refractivity contribution is -0.137. The van der Waals surface area contributed by atoms with E-state index in [0.29, 0.717) is 17.9 Å². The van der Waals surface area contributed by atoms with E-state index in [4.69, 9.17) is 20.3 Å². The molecule has 1 unspecified atom stereocenters. The molecule has 1 aromatic carbocycles. The summed E-state index contributed by atoms with van der Waals surface area (Å²) in [4.78, 5) is 10.7. The SMILES string of the molecule is COc1cccc(C(N)CCC(=O)O)c1OC1CSC1. The molecule has 1 aromatic rings. The molecule has 0 amide bonds. The summed E-state index contributed by atoms with van der Waals surface area (Å²) in [5.74, 6) is 2.37.